The molecule has 8 nitrogen and oxygen atoms in total. The van der Waals surface area contributed by atoms with Crippen molar-refractivity contribution in [1.82, 2.24) is 5.32 Å². The van der Waals surface area contributed by atoms with Gasteiger partial charge in [-0.15, -0.1) is 0 Å². The zero-order valence-electron chi connectivity index (χ0n) is 14.6. The second-order valence-corrected chi connectivity index (χ2v) is 8.13. The van der Waals surface area contributed by atoms with Crippen LogP contribution in [0.3, 0.4) is 0 Å². The van der Waals surface area contributed by atoms with E-state index >= 15 is 0 Å². The average molecular weight is 407 g/mol. The van der Waals surface area contributed by atoms with E-state index in [9.17, 15) is 26.8 Å². The van der Waals surface area contributed by atoms with Gasteiger partial charge < -0.3 is 19.5 Å². The molecule has 1 aliphatic heterocycles. The molecule has 150 valence electrons. The number of esters is 1. The van der Waals surface area contributed by atoms with Crippen LogP contribution in [0.4, 0.5) is 8.78 Å². The van der Waals surface area contributed by atoms with Crippen LogP contribution in [0.2, 0.25) is 0 Å². The number of carbonyl (C=O) groups excluding carboxylic acids is 2. The normalized spacial score (nSPS) is 19.4. The Morgan fingerprint density at radius 3 is 2.52 bits per heavy atom. The van der Waals surface area contributed by atoms with Crippen LogP contribution in [0.25, 0.3) is 0 Å². The summed E-state index contributed by atoms with van der Waals surface area (Å²) in [6.45, 7) is -1.72. The fourth-order valence-corrected chi connectivity index (χ4v) is 4.17. The van der Waals surface area contributed by atoms with Gasteiger partial charge in [0.2, 0.25) is 0 Å². The van der Waals surface area contributed by atoms with Crippen molar-refractivity contribution in [2.45, 2.75) is 32.1 Å². The van der Waals surface area contributed by atoms with Gasteiger partial charge in [-0.25, -0.2) is 13.2 Å². The van der Waals surface area contributed by atoms with Crippen LogP contribution in [0.1, 0.15) is 23.7 Å². The molecule has 0 aromatic heterocycles. The van der Waals surface area contributed by atoms with Gasteiger partial charge in [0.1, 0.15) is 0 Å². The van der Waals surface area contributed by atoms with Gasteiger partial charge in [0.05, 0.1) is 24.2 Å². The molecule has 1 N–H and O–H groups in total. The van der Waals surface area contributed by atoms with Gasteiger partial charge in [-0.1, -0.05) is 0 Å². The van der Waals surface area contributed by atoms with Crippen LogP contribution in [0.5, 0.6) is 11.5 Å². The number of carbonyl (C=O) groups is 2. The summed E-state index contributed by atoms with van der Waals surface area (Å²) in [4.78, 5) is 24.2. The fraction of sp³-hybridized carbons (Fsp3) is 0.500. The van der Waals surface area contributed by atoms with Crippen molar-refractivity contribution in [3.05, 3.63) is 23.8 Å². The van der Waals surface area contributed by atoms with Gasteiger partial charge in [-0.2, -0.15) is 8.78 Å². The minimum Gasteiger partial charge on any atom is -0.493 e. The van der Waals surface area contributed by atoms with Crippen molar-refractivity contribution in [3.63, 3.8) is 0 Å². The maximum absolute atomic E-state index is 12.3. The molecule has 1 amide bonds. The highest BCUT2D eigenvalue weighted by Gasteiger charge is 2.31. The van der Waals surface area contributed by atoms with E-state index in [-0.39, 0.29) is 28.6 Å². The van der Waals surface area contributed by atoms with Gasteiger partial charge in [0.25, 0.3) is 5.91 Å². The summed E-state index contributed by atoms with van der Waals surface area (Å²) in [5, 5.41) is 2.52. The van der Waals surface area contributed by atoms with Crippen LogP contribution in [-0.4, -0.2) is 57.7 Å². The van der Waals surface area contributed by atoms with Gasteiger partial charge in [0, 0.05) is 6.04 Å². The van der Waals surface area contributed by atoms with E-state index in [1.165, 1.54) is 20.1 Å². The Hall–Kier alpha value is -2.43. The second-order valence-electron chi connectivity index (χ2n) is 5.90. The zero-order valence-corrected chi connectivity index (χ0v) is 15.4. The molecular weight excluding hydrogens is 388 g/mol. The van der Waals surface area contributed by atoms with E-state index in [1.807, 2.05) is 0 Å². The van der Waals surface area contributed by atoms with E-state index in [0.29, 0.717) is 6.42 Å². The molecule has 1 heterocycles. The van der Waals surface area contributed by atoms with Crippen molar-refractivity contribution < 1.29 is 41.0 Å². The third-order valence-electron chi connectivity index (χ3n) is 3.85. The number of benzene rings is 1. The molecule has 1 fully saturated rings. The minimum atomic E-state index is -3.15. The van der Waals surface area contributed by atoms with Crippen LogP contribution < -0.4 is 14.8 Å². The Labute approximate surface area is 154 Å². The number of hydrogen-bond acceptors (Lipinski definition) is 7. The van der Waals surface area contributed by atoms with Crippen LogP contribution in [-0.2, 0) is 19.4 Å². The number of nitrogens with one attached hydrogen (secondary N) is 1. The molecular formula is C16H19F2NO7S. The van der Waals surface area contributed by atoms with Gasteiger partial charge in [-0.05, 0) is 31.5 Å². The van der Waals surface area contributed by atoms with E-state index < -0.39 is 40.5 Å². The third-order valence-corrected chi connectivity index (χ3v) is 5.62. The molecule has 0 bridgehead atoms. The van der Waals surface area contributed by atoms with Crippen molar-refractivity contribution in [2.24, 2.45) is 0 Å². The predicted octanol–water partition coefficient (Wildman–Crippen LogP) is 1.15. The maximum atomic E-state index is 12.3. The highest BCUT2D eigenvalue weighted by atomic mass is 32.2. The van der Waals surface area contributed by atoms with E-state index in [2.05, 4.69) is 10.1 Å². The number of rotatable bonds is 7. The summed E-state index contributed by atoms with van der Waals surface area (Å²) in [5.41, 5.74) is -0.0310. The van der Waals surface area contributed by atoms with Crippen molar-refractivity contribution in [3.8, 4) is 11.5 Å². The summed E-state index contributed by atoms with van der Waals surface area (Å²) in [6, 6.07) is 2.94. The first-order valence-electron chi connectivity index (χ1n) is 7.96. The lowest BCUT2D eigenvalue weighted by Crippen LogP contribution is -2.42. The molecule has 1 saturated heterocycles. The molecule has 0 unspecified atom stereocenters. The lowest BCUT2D eigenvalue weighted by molar-refractivity contribution is -0.129. The van der Waals surface area contributed by atoms with Gasteiger partial charge in [0.15, 0.2) is 27.4 Å². The summed E-state index contributed by atoms with van der Waals surface area (Å²) < 4.78 is 61.6. The average Bonchev–Trinajstić information content (AvgIpc) is 2.92. The molecule has 2 rings (SSSR count). The number of halogens is 2. The number of alkyl halides is 2. The number of sulfone groups is 1. The molecule has 1 aliphatic rings. The van der Waals surface area contributed by atoms with Crippen LogP contribution in [0, 0.1) is 0 Å². The lowest BCUT2D eigenvalue weighted by Gasteiger charge is -2.17. The minimum absolute atomic E-state index is 0.00104. The molecule has 2 atom stereocenters. The lowest BCUT2D eigenvalue weighted by atomic mass is 10.2. The Bertz CT molecular complexity index is 813. The molecule has 0 saturated carbocycles. The van der Waals surface area contributed by atoms with Crippen LogP contribution >= 0.6 is 0 Å². The first-order valence-corrected chi connectivity index (χ1v) is 9.78. The highest BCUT2D eigenvalue weighted by Crippen LogP contribution is 2.29. The second kappa shape index (κ2) is 8.51. The Balaban J connectivity index is 1.98. The monoisotopic (exact) mass is 407 g/mol. The van der Waals surface area contributed by atoms with Crippen molar-refractivity contribution >= 4 is 21.7 Å². The van der Waals surface area contributed by atoms with Crippen LogP contribution in [0.15, 0.2) is 18.2 Å². The number of ether oxygens (including phenoxy) is 3. The van der Waals surface area contributed by atoms with Crippen molar-refractivity contribution in [1.29, 1.82) is 0 Å². The number of amides is 1. The molecule has 0 aliphatic carbocycles. The van der Waals surface area contributed by atoms with Gasteiger partial charge in [-0.3, -0.25) is 4.79 Å². The summed E-state index contributed by atoms with van der Waals surface area (Å²) in [6.07, 6.45) is -0.874. The molecule has 1 aromatic rings. The molecule has 1 aromatic carbocycles. The number of methoxy groups -OCH3 is 1. The first-order chi connectivity index (χ1) is 12.6. The molecule has 11 heteroatoms. The smallest absolute Gasteiger partial charge is 0.387 e. The fourth-order valence-electron chi connectivity index (χ4n) is 2.50. The third kappa shape index (κ3) is 5.78. The van der Waals surface area contributed by atoms with Gasteiger partial charge >= 0.3 is 12.6 Å². The zero-order chi connectivity index (χ0) is 20.2. The molecule has 27 heavy (non-hydrogen) atoms. The van der Waals surface area contributed by atoms with E-state index in [1.54, 1.807) is 0 Å². The highest BCUT2D eigenvalue weighted by molar-refractivity contribution is 7.91. The Morgan fingerprint density at radius 2 is 1.96 bits per heavy atom. The first kappa shape index (κ1) is 20.9. The SMILES string of the molecule is COc1cc(C(=O)O[C@H](C)C(=O)N[C@@H]2CCS(=O)(=O)C2)ccc1OC(F)F. The van der Waals surface area contributed by atoms with E-state index in [0.717, 1.165) is 12.1 Å². The molecule has 0 spiro atoms. The Kier molecular flexibility index (Phi) is 6.58. The molecule has 0 radical (unpaired) electrons. The predicted molar refractivity (Wildman–Crippen MR) is 89.7 cm³/mol. The topological polar surface area (TPSA) is 108 Å². The maximum Gasteiger partial charge on any atom is 0.387 e. The number of hydrogen-bond donors (Lipinski definition) is 1. The van der Waals surface area contributed by atoms with E-state index in [4.69, 9.17) is 9.47 Å². The standard InChI is InChI=1S/C16H19F2NO7S/c1-9(14(20)19-11-5-6-27(22,23)8-11)25-15(21)10-3-4-12(26-16(17)18)13(7-10)24-2/h3-4,7,9,11,16H,5-6,8H2,1-2H3,(H,19,20)/t9-,11-/m1/s1. The Morgan fingerprint density at radius 1 is 1.26 bits per heavy atom. The summed E-state index contributed by atoms with van der Waals surface area (Å²) in [5.74, 6) is -2.01. The summed E-state index contributed by atoms with van der Waals surface area (Å²) >= 11 is 0. The largest absolute Gasteiger partial charge is 0.493 e. The summed E-state index contributed by atoms with van der Waals surface area (Å²) in [7, 11) is -1.94. The van der Waals surface area contributed by atoms with Crippen molar-refractivity contribution in [2.75, 3.05) is 18.6 Å². The quantitative estimate of drug-likeness (QED) is 0.676.